The fourth-order valence-corrected chi connectivity index (χ4v) is 2.93. The molecular weight excluding hydrogens is 250 g/mol. The number of nitrogens with zero attached hydrogens (tertiary/aromatic N) is 1. The first-order valence-electron chi connectivity index (χ1n) is 7.88. The molecular formula is C16H27N3O. The quantitative estimate of drug-likeness (QED) is 0.717. The summed E-state index contributed by atoms with van der Waals surface area (Å²) >= 11 is 0. The third kappa shape index (κ3) is 4.37. The Bertz CT molecular complexity index is 397. The first-order chi connectivity index (χ1) is 9.83. The van der Waals surface area contributed by atoms with Gasteiger partial charge in [0, 0.05) is 37.6 Å². The average Bonchev–Trinajstić information content (AvgIpc) is 2.51. The molecule has 1 aliphatic rings. The third-order valence-electron chi connectivity index (χ3n) is 4.19. The van der Waals surface area contributed by atoms with E-state index in [-0.39, 0.29) is 0 Å². The number of rotatable bonds is 7. The van der Waals surface area contributed by atoms with Crippen molar-refractivity contribution in [2.24, 2.45) is 11.8 Å². The first-order valence-corrected chi connectivity index (χ1v) is 7.88. The molecule has 3 N–H and O–H groups in total. The summed E-state index contributed by atoms with van der Waals surface area (Å²) in [7, 11) is 0. The highest BCUT2D eigenvalue weighted by Crippen LogP contribution is 2.30. The summed E-state index contributed by atoms with van der Waals surface area (Å²) in [6, 6.07) is 4.07. The van der Waals surface area contributed by atoms with Crippen LogP contribution in [0.3, 0.4) is 0 Å². The van der Waals surface area contributed by atoms with Crippen LogP contribution in [0.25, 0.3) is 0 Å². The zero-order valence-corrected chi connectivity index (χ0v) is 12.4. The van der Waals surface area contributed by atoms with Crippen LogP contribution in [0.4, 0.5) is 11.5 Å². The van der Waals surface area contributed by atoms with E-state index in [1.807, 2.05) is 12.3 Å². The molecule has 1 aromatic rings. The largest absolute Gasteiger partial charge is 0.396 e. The predicted molar refractivity (Wildman–Crippen MR) is 84.0 cm³/mol. The number of aliphatic hydroxyl groups excluding tert-OH is 1. The maximum absolute atomic E-state index is 9.45. The smallest absolute Gasteiger partial charge is 0.127 e. The first kappa shape index (κ1) is 15.1. The monoisotopic (exact) mass is 277 g/mol. The van der Waals surface area contributed by atoms with Gasteiger partial charge >= 0.3 is 0 Å². The number of aromatic nitrogens is 1. The van der Waals surface area contributed by atoms with Gasteiger partial charge in [-0.05, 0) is 37.2 Å². The molecule has 0 radical (unpaired) electrons. The lowest BCUT2D eigenvalue weighted by atomic mass is 9.79. The van der Waals surface area contributed by atoms with Gasteiger partial charge in [0.2, 0.25) is 0 Å². The zero-order chi connectivity index (χ0) is 14.2. The van der Waals surface area contributed by atoms with Crippen LogP contribution in [-0.2, 0) is 0 Å². The van der Waals surface area contributed by atoms with Gasteiger partial charge in [0.25, 0.3) is 0 Å². The Morgan fingerprint density at radius 1 is 1.25 bits per heavy atom. The molecule has 1 saturated carbocycles. The molecule has 1 fully saturated rings. The Hall–Kier alpha value is -1.29. The zero-order valence-electron chi connectivity index (χ0n) is 12.4. The van der Waals surface area contributed by atoms with Crippen LogP contribution in [0.1, 0.15) is 39.0 Å². The lowest BCUT2D eigenvalue weighted by Gasteiger charge is -2.30. The van der Waals surface area contributed by atoms with Gasteiger partial charge in [-0.2, -0.15) is 0 Å². The van der Waals surface area contributed by atoms with E-state index in [0.717, 1.165) is 31.0 Å². The Morgan fingerprint density at radius 3 is 2.80 bits per heavy atom. The summed E-state index contributed by atoms with van der Waals surface area (Å²) in [5.74, 6) is 1.99. The van der Waals surface area contributed by atoms with Crippen LogP contribution in [0.2, 0.25) is 0 Å². The van der Waals surface area contributed by atoms with Crippen molar-refractivity contribution in [2.75, 3.05) is 30.3 Å². The summed E-state index contributed by atoms with van der Waals surface area (Å²) in [6.07, 6.45) is 7.89. The number of anilines is 2. The molecule has 20 heavy (non-hydrogen) atoms. The molecule has 0 aliphatic heterocycles. The summed E-state index contributed by atoms with van der Waals surface area (Å²) in [6.45, 7) is 4.37. The second-order valence-electron chi connectivity index (χ2n) is 5.72. The summed E-state index contributed by atoms with van der Waals surface area (Å²) in [4.78, 5) is 4.31. The van der Waals surface area contributed by atoms with Crippen molar-refractivity contribution in [3.05, 3.63) is 18.3 Å². The molecule has 0 aromatic carbocycles. The molecule has 2 atom stereocenters. The second kappa shape index (κ2) is 8.10. The van der Waals surface area contributed by atoms with Gasteiger partial charge in [0.05, 0.1) is 0 Å². The second-order valence-corrected chi connectivity index (χ2v) is 5.72. The maximum atomic E-state index is 9.45. The highest BCUT2D eigenvalue weighted by atomic mass is 16.3. The number of hydrogen-bond acceptors (Lipinski definition) is 4. The van der Waals surface area contributed by atoms with Crippen LogP contribution < -0.4 is 10.6 Å². The minimum absolute atomic E-state index is 0.325. The summed E-state index contributed by atoms with van der Waals surface area (Å²) in [5.41, 5.74) is 1.11. The Balaban J connectivity index is 1.86. The molecule has 1 aliphatic carbocycles. The third-order valence-corrected chi connectivity index (χ3v) is 4.19. The van der Waals surface area contributed by atoms with Crippen molar-refractivity contribution in [1.29, 1.82) is 0 Å². The fraction of sp³-hybridized carbons (Fsp3) is 0.688. The van der Waals surface area contributed by atoms with Crippen molar-refractivity contribution in [1.82, 2.24) is 4.98 Å². The van der Waals surface area contributed by atoms with Crippen molar-refractivity contribution >= 4 is 11.5 Å². The molecule has 0 bridgehead atoms. The van der Waals surface area contributed by atoms with Crippen molar-refractivity contribution in [2.45, 2.75) is 39.0 Å². The van der Waals surface area contributed by atoms with Gasteiger partial charge in [0.15, 0.2) is 0 Å². The van der Waals surface area contributed by atoms with E-state index < -0.39 is 0 Å². The molecule has 0 spiro atoms. The molecule has 0 saturated heterocycles. The van der Waals surface area contributed by atoms with E-state index in [1.54, 1.807) is 0 Å². The molecule has 4 heteroatoms. The van der Waals surface area contributed by atoms with Gasteiger partial charge in [-0.25, -0.2) is 4.98 Å². The van der Waals surface area contributed by atoms with Gasteiger partial charge in [-0.3, -0.25) is 0 Å². The average molecular weight is 277 g/mol. The summed E-state index contributed by atoms with van der Waals surface area (Å²) < 4.78 is 0. The topological polar surface area (TPSA) is 57.2 Å². The van der Waals surface area contributed by atoms with E-state index in [4.69, 9.17) is 0 Å². The van der Waals surface area contributed by atoms with Gasteiger partial charge in [-0.1, -0.05) is 19.8 Å². The predicted octanol–water partition coefficient (Wildman–Crippen LogP) is 3.11. The van der Waals surface area contributed by atoms with Gasteiger partial charge in [0.1, 0.15) is 5.82 Å². The van der Waals surface area contributed by atoms with Crippen molar-refractivity contribution in [3.63, 3.8) is 0 Å². The lowest BCUT2D eigenvalue weighted by Crippen LogP contribution is -2.28. The van der Waals surface area contributed by atoms with Crippen molar-refractivity contribution in [3.8, 4) is 0 Å². The maximum Gasteiger partial charge on any atom is 0.127 e. The lowest BCUT2D eigenvalue weighted by molar-refractivity contribution is 0.141. The normalized spacial score (nSPS) is 22.5. The van der Waals surface area contributed by atoms with E-state index in [1.165, 1.54) is 25.7 Å². The van der Waals surface area contributed by atoms with Crippen LogP contribution >= 0.6 is 0 Å². The number of pyridine rings is 1. The molecule has 1 heterocycles. The van der Waals surface area contributed by atoms with Crippen LogP contribution in [0.5, 0.6) is 0 Å². The van der Waals surface area contributed by atoms with E-state index in [0.29, 0.717) is 18.4 Å². The standard InChI is InChI=1S/C16H27N3O/c1-2-8-17-16-10-15(7-9-18-16)19-11-13-5-3-4-6-14(13)12-20/h7,9-10,13-14,20H,2-6,8,11-12H2,1H3,(H2,17,18,19). The Kier molecular flexibility index (Phi) is 6.12. The minimum atomic E-state index is 0.325. The molecule has 1 aromatic heterocycles. The van der Waals surface area contributed by atoms with Gasteiger partial charge < -0.3 is 15.7 Å². The minimum Gasteiger partial charge on any atom is -0.396 e. The molecule has 4 nitrogen and oxygen atoms in total. The number of hydrogen-bond donors (Lipinski definition) is 3. The molecule has 2 unspecified atom stereocenters. The highest BCUT2D eigenvalue weighted by Gasteiger charge is 2.23. The molecule has 112 valence electrons. The van der Waals surface area contributed by atoms with Crippen LogP contribution in [0, 0.1) is 11.8 Å². The number of nitrogens with one attached hydrogen (secondary N) is 2. The van der Waals surface area contributed by atoms with E-state index >= 15 is 0 Å². The summed E-state index contributed by atoms with van der Waals surface area (Å²) in [5, 5.41) is 16.3. The molecule has 0 amide bonds. The number of aliphatic hydroxyl groups is 1. The van der Waals surface area contributed by atoms with E-state index in [9.17, 15) is 5.11 Å². The van der Waals surface area contributed by atoms with E-state index in [2.05, 4.69) is 28.6 Å². The van der Waals surface area contributed by atoms with Gasteiger partial charge in [-0.15, -0.1) is 0 Å². The Morgan fingerprint density at radius 2 is 2.05 bits per heavy atom. The fourth-order valence-electron chi connectivity index (χ4n) is 2.93. The van der Waals surface area contributed by atoms with Crippen LogP contribution in [0.15, 0.2) is 18.3 Å². The van der Waals surface area contributed by atoms with Crippen LogP contribution in [-0.4, -0.2) is 29.8 Å². The SMILES string of the molecule is CCCNc1cc(NCC2CCCCC2CO)ccn1. The molecule has 2 rings (SSSR count). The highest BCUT2D eigenvalue weighted by molar-refractivity contribution is 5.51. The van der Waals surface area contributed by atoms with Crippen molar-refractivity contribution < 1.29 is 5.11 Å². The Labute approximate surface area is 122 Å².